The molecule has 0 unspecified atom stereocenters. The van der Waals surface area contributed by atoms with Crippen LogP contribution in [0.15, 0.2) is 24.5 Å². The van der Waals surface area contributed by atoms with Crippen LogP contribution in [0.2, 0.25) is 0 Å². The van der Waals surface area contributed by atoms with Gasteiger partial charge in [-0.15, -0.1) is 0 Å². The van der Waals surface area contributed by atoms with Crippen LogP contribution < -0.4 is 14.4 Å². The number of ether oxygens (including phenoxy) is 2. The van der Waals surface area contributed by atoms with Crippen LogP contribution in [0.25, 0.3) is 0 Å². The molecule has 0 amide bonds. The van der Waals surface area contributed by atoms with Crippen molar-refractivity contribution in [3.63, 3.8) is 0 Å². The summed E-state index contributed by atoms with van der Waals surface area (Å²) in [5.41, 5.74) is 2.58. The Morgan fingerprint density at radius 3 is 2.67 bits per heavy atom. The number of carboxylic acids is 1. The topological polar surface area (TPSA) is 128 Å². The molecule has 1 aliphatic carbocycles. The number of hydrogen-bond acceptors (Lipinski definition) is 8. The van der Waals surface area contributed by atoms with Crippen molar-refractivity contribution in [1.29, 1.82) is 0 Å². The first-order valence-corrected chi connectivity index (χ1v) is 11.2. The van der Waals surface area contributed by atoms with E-state index < -0.39 is 10.9 Å². The Morgan fingerprint density at radius 1 is 1.27 bits per heavy atom. The van der Waals surface area contributed by atoms with E-state index in [4.69, 9.17) is 14.6 Å². The van der Waals surface area contributed by atoms with E-state index in [0.717, 1.165) is 36.8 Å². The summed E-state index contributed by atoms with van der Waals surface area (Å²) < 4.78 is 11.3. The number of aliphatic carboxylic acids is 1. The lowest BCUT2D eigenvalue weighted by molar-refractivity contribution is -0.384. The van der Waals surface area contributed by atoms with Gasteiger partial charge in [0.2, 0.25) is 11.8 Å². The number of carboxylic acid groups (broad SMARTS) is 1. The Labute approximate surface area is 191 Å². The highest BCUT2D eigenvalue weighted by Crippen LogP contribution is 2.45. The zero-order chi connectivity index (χ0) is 23.4. The maximum Gasteiger partial charge on any atom is 0.310 e. The van der Waals surface area contributed by atoms with E-state index in [2.05, 4.69) is 9.97 Å². The van der Waals surface area contributed by atoms with E-state index in [1.807, 2.05) is 11.0 Å². The van der Waals surface area contributed by atoms with Gasteiger partial charge in [-0.2, -0.15) is 0 Å². The molecule has 3 heterocycles. The molecule has 0 radical (unpaired) electrons. The largest absolute Gasteiger partial charge is 0.481 e. The molecule has 1 saturated heterocycles. The van der Waals surface area contributed by atoms with Crippen LogP contribution in [0.4, 0.5) is 11.4 Å². The maximum atomic E-state index is 11.4. The number of nitrogens with zero attached hydrogens (tertiary/aromatic N) is 4. The first kappa shape index (κ1) is 22.8. The second-order valence-corrected chi connectivity index (χ2v) is 8.57. The third-order valence-electron chi connectivity index (χ3n) is 6.29. The number of hydrogen-bond donors (Lipinski definition) is 1. The van der Waals surface area contributed by atoms with Crippen LogP contribution in [0.3, 0.4) is 0 Å². The summed E-state index contributed by atoms with van der Waals surface area (Å²) in [4.78, 5) is 32.4. The normalized spacial score (nSPS) is 16.5. The van der Waals surface area contributed by atoms with Gasteiger partial charge in [0.1, 0.15) is 11.9 Å². The van der Waals surface area contributed by atoms with Gasteiger partial charge >= 0.3 is 11.7 Å². The molecule has 4 rings (SSSR count). The molecular formula is C23H28N4O6. The van der Waals surface area contributed by atoms with E-state index in [9.17, 15) is 14.9 Å². The quantitative estimate of drug-likeness (QED) is 0.421. The number of methoxy groups -OCH3 is 1. The molecule has 1 aliphatic heterocycles. The van der Waals surface area contributed by atoms with Crippen LogP contribution in [0.1, 0.15) is 49.1 Å². The summed E-state index contributed by atoms with van der Waals surface area (Å²) >= 11 is 0. The number of carbonyl (C=O) groups is 1. The summed E-state index contributed by atoms with van der Waals surface area (Å²) in [6.45, 7) is 1.86. The van der Waals surface area contributed by atoms with Crippen molar-refractivity contribution in [1.82, 2.24) is 9.97 Å². The summed E-state index contributed by atoms with van der Waals surface area (Å²) in [5, 5.41) is 20.5. The third kappa shape index (κ3) is 5.50. The predicted octanol–water partition coefficient (Wildman–Crippen LogP) is 3.58. The van der Waals surface area contributed by atoms with Crippen molar-refractivity contribution in [2.45, 2.75) is 44.4 Å². The third-order valence-corrected chi connectivity index (χ3v) is 6.29. The van der Waals surface area contributed by atoms with Gasteiger partial charge in [-0.05, 0) is 55.6 Å². The summed E-state index contributed by atoms with van der Waals surface area (Å²) in [5.74, 6) is 0.872. The molecular weight excluding hydrogens is 428 g/mol. The number of rotatable bonds is 10. The fourth-order valence-electron chi connectivity index (χ4n) is 4.34. The smallest absolute Gasteiger partial charge is 0.310 e. The van der Waals surface area contributed by atoms with Gasteiger partial charge in [0.05, 0.1) is 18.6 Å². The second-order valence-electron chi connectivity index (χ2n) is 8.57. The Hall–Kier alpha value is -3.43. The molecule has 2 aromatic heterocycles. The van der Waals surface area contributed by atoms with Gasteiger partial charge in [-0.3, -0.25) is 14.9 Å². The highest BCUT2D eigenvalue weighted by Gasteiger charge is 2.31. The minimum Gasteiger partial charge on any atom is -0.481 e. The number of aryl methyl sites for hydroxylation is 1. The minimum atomic E-state index is -0.810. The SMILES string of the molecule is COc1cc(N2CCC(COc3nccc(CCC(=O)O)c3C3CC3)CC2)c([N+](=O)[O-])cn1. The molecule has 10 nitrogen and oxygen atoms in total. The number of aromatic nitrogens is 2. The van der Waals surface area contributed by atoms with Crippen molar-refractivity contribution in [2.75, 3.05) is 31.7 Å². The molecule has 0 aromatic carbocycles. The highest BCUT2D eigenvalue weighted by atomic mass is 16.6. The molecule has 2 fully saturated rings. The monoisotopic (exact) mass is 456 g/mol. The molecule has 0 atom stereocenters. The average Bonchev–Trinajstić information content (AvgIpc) is 3.66. The van der Waals surface area contributed by atoms with E-state index in [1.165, 1.54) is 13.3 Å². The fourth-order valence-corrected chi connectivity index (χ4v) is 4.34. The van der Waals surface area contributed by atoms with Crippen LogP contribution in [0.5, 0.6) is 11.8 Å². The fraction of sp³-hybridized carbons (Fsp3) is 0.522. The average molecular weight is 456 g/mol. The van der Waals surface area contributed by atoms with Crippen LogP contribution in [-0.4, -0.2) is 52.8 Å². The van der Waals surface area contributed by atoms with Gasteiger partial charge < -0.3 is 19.5 Å². The molecule has 0 bridgehead atoms. The zero-order valence-electron chi connectivity index (χ0n) is 18.6. The Kier molecular flexibility index (Phi) is 6.90. The summed E-state index contributed by atoms with van der Waals surface area (Å²) in [7, 11) is 1.49. The predicted molar refractivity (Wildman–Crippen MR) is 120 cm³/mol. The number of piperidine rings is 1. The van der Waals surface area contributed by atoms with Crippen LogP contribution in [-0.2, 0) is 11.2 Å². The number of anilines is 1. The lowest BCUT2D eigenvalue weighted by Crippen LogP contribution is -2.36. The van der Waals surface area contributed by atoms with Gasteiger partial charge in [-0.25, -0.2) is 9.97 Å². The van der Waals surface area contributed by atoms with Gasteiger partial charge in [0, 0.05) is 37.3 Å². The Balaban J connectivity index is 1.38. The van der Waals surface area contributed by atoms with Crippen molar-refractivity contribution in [3.8, 4) is 11.8 Å². The lowest BCUT2D eigenvalue weighted by atomic mass is 9.97. The molecule has 10 heteroatoms. The van der Waals surface area contributed by atoms with E-state index in [0.29, 0.717) is 55.4 Å². The van der Waals surface area contributed by atoms with E-state index in [1.54, 1.807) is 12.3 Å². The number of nitro groups is 1. The first-order chi connectivity index (χ1) is 16.0. The van der Waals surface area contributed by atoms with Crippen molar-refractivity contribution in [2.24, 2.45) is 5.92 Å². The lowest BCUT2D eigenvalue weighted by Gasteiger charge is -2.33. The zero-order valence-corrected chi connectivity index (χ0v) is 18.6. The van der Waals surface area contributed by atoms with Crippen LogP contribution >= 0.6 is 0 Å². The van der Waals surface area contributed by atoms with E-state index in [-0.39, 0.29) is 12.1 Å². The van der Waals surface area contributed by atoms with Crippen molar-refractivity contribution < 1.29 is 24.3 Å². The molecule has 2 aliphatic rings. The van der Waals surface area contributed by atoms with Crippen LogP contribution in [0, 0.1) is 16.0 Å². The molecule has 176 valence electrons. The van der Waals surface area contributed by atoms with Gasteiger partial charge in [-0.1, -0.05) is 0 Å². The molecule has 2 aromatic rings. The summed E-state index contributed by atoms with van der Waals surface area (Å²) in [6.07, 6.45) is 7.32. The Morgan fingerprint density at radius 2 is 2.03 bits per heavy atom. The molecule has 1 saturated carbocycles. The van der Waals surface area contributed by atoms with E-state index >= 15 is 0 Å². The summed E-state index contributed by atoms with van der Waals surface area (Å²) in [6, 6.07) is 3.52. The second kappa shape index (κ2) is 10.0. The van der Waals surface area contributed by atoms with Crippen molar-refractivity contribution >= 4 is 17.3 Å². The van der Waals surface area contributed by atoms with Gasteiger partial charge in [0.25, 0.3) is 0 Å². The first-order valence-electron chi connectivity index (χ1n) is 11.2. The molecule has 1 N–H and O–H groups in total. The maximum absolute atomic E-state index is 11.4. The Bertz CT molecular complexity index is 1020. The van der Waals surface area contributed by atoms with Gasteiger partial charge in [0.15, 0.2) is 0 Å². The molecule has 0 spiro atoms. The minimum absolute atomic E-state index is 0.0260. The van der Waals surface area contributed by atoms with Crippen molar-refractivity contribution in [3.05, 3.63) is 45.8 Å². The highest BCUT2D eigenvalue weighted by molar-refractivity contribution is 5.67. The standard InChI is InChI=1S/C23H28N4O6/c1-32-20-12-18(19(13-25-20)27(30)31)26-10-7-15(8-11-26)14-33-23-22(16-2-3-16)17(6-9-24-23)4-5-21(28)29/h6,9,12-13,15-16H,2-5,7-8,10-11,14H2,1H3,(H,28,29). The number of pyridine rings is 2. The molecule has 33 heavy (non-hydrogen) atoms.